The Balaban J connectivity index is 0.000000154. The van der Waals surface area contributed by atoms with Gasteiger partial charge in [0.2, 0.25) is 17.8 Å². The van der Waals surface area contributed by atoms with Gasteiger partial charge in [-0.15, -0.1) is 22.7 Å². The molecule has 0 aliphatic heterocycles. The molecule has 118 heavy (non-hydrogen) atoms. The molecule has 6 aromatic carbocycles. The molecule has 9 aromatic heterocycles. The fourth-order valence-electron chi connectivity index (χ4n) is 11.5. The van der Waals surface area contributed by atoms with Crippen LogP contribution in [0.3, 0.4) is 0 Å². The van der Waals surface area contributed by atoms with Gasteiger partial charge in [-0.05, 0) is 124 Å². The first-order valence-electron chi connectivity index (χ1n) is 34.4. The number of aromatic nitrogens is 14. The van der Waals surface area contributed by atoms with Crippen LogP contribution in [-0.2, 0) is 30.1 Å². The number of hydrogen-bond acceptors (Lipinski definition) is 25. The predicted molar refractivity (Wildman–Crippen MR) is 447 cm³/mol. The van der Waals surface area contributed by atoms with Crippen LogP contribution in [0.2, 0.25) is 20.1 Å². The number of benzene rings is 6. The van der Waals surface area contributed by atoms with Crippen molar-refractivity contribution in [3.05, 3.63) is 249 Å². The second-order valence-electron chi connectivity index (χ2n) is 25.0. The number of anilines is 6. The highest BCUT2D eigenvalue weighted by Crippen LogP contribution is 2.46. The van der Waals surface area contributed by atoms with Gasteiger partial charge >= 0.3 is 0 Å². The average molecular weight is 1770 g/mol. The molecule has 9 heterocycles. The standard InChI is InChI=1S/C26H20Cl2FN7O2S2.C26H20F3N7O2S2.C25H19Cl2FN6O3S/c1-13-7-8-17(27)24(20(13)28)40(37,38)36-18-6-4-5-16(21(18)29)22-23(19-9-10-31-26(30-3)34-19)39-25(35-22)15-11-32-14(2)33-12-15;1-13-7-8-16(27)24(20(13)28)40(37,38)36-17-6-4-5-15(21(17)29)22-23(18-9-10-31-26(30-3)34-18)39-25(35-22)19-12-32-14(2)11-33-19;1-29-25-30-11-9-19(31-25)23-22(32-20-13-14(37-2)10-12-34(20)23)15-5-3-8-18(21(15)28)33-38(35,36)24-16(26)6-4-7-17(24)27/h2*4-12,36H,1-3H3,(H,30,31,34);3-13,33H,1-2H3,(H,29,30,31). The van der Waals surface area contributed by atoms with E-state index < -0.39 is 69.7 Å². The summed E-state index contributed by atoms with van der Waals surface area (Å²) in [6, 6.07) is 30.2. The molecule has 6 N–H and O–H groups in total. The lowest BCUT2D eigenvalue weighted by Gasteiger charge is -2.14. The highest BCUT2D eigenvalue weighted by molar-refractivity contribution is 7.93. The van der Waals surface area contributed by atoms with Crippen LogP contribution in [0.15, 0.2) is 192 Å². The zero-order valence-electron chi connectivity index (χ0n) is 62.3. The van der Waals surface area contributed by atoms with Gasteiger partial charge in [0.05, 0.1) is 100 Å². The van der Waals surface area contributed by atoms with E-state index in [0.717, 1.165) is 18.2 Å². The minimum Gasteiger partial charge on any atom is -0.497 e. The molecular formula is C77H59Cl4F5N20O7S5. The van der Waals surface area contributed by atoms with Crippen molar-refractivity contribution in [1.29, 1.82) is 0 Å². The second kappa shape index (κ2) is 35.0. The second-order valence-corrected chi connectivity index (χ2v) is 33.4. The van der Waals surface area contributed by atoms with Gasteiger partial charge in [-0.3, -0.25) is 28.5 Å². The molecule has 0 bridgehead atoms. The Morgan fingerprint density at radius 1 is 0.432 bits per heavy atom. The third-order valence-corrected chi connectivity index (χ3v) is 25.6. The first-order valence-corrected chi connectivity index (χ1v) is 42.0. The summed E-state index contributed by atoms with van der Waals surface area (Å²) in [5, 5.41) is 9.22. The zero-order chi connectivity index (χ0) is 84.2. The number of sulfonamides is 3. The van der Waals surface area contributed by atoms with E-state index in [1.165, 1.54) is 122 Å². The summed E-state index contributed by atoms with van der Waals surface area (Å²) in [6.07, 6.45) is 12.7. The Hall–Kier alpha value is -12.1. The number of nitrogens with zero attached hydrogens (tertiary/aromatic N) is 14. The van der Waals surface area contributed by atoms with Crippen molar-refractivity contribution >= 4 is 140 Å². The highest BCUT2D eigenvalue weighted by Gasteiger charge is 2.32. The summed E-state index contributed by atoms with van der Waals surface area (Å²) in [6.45, 7) is 6.49. The van der Waals surface area contributed by atoms with E-state index >= 15 is 13.2 Å². The summed E-state index contributed by atoms with van der Waals surface area (Å²) in [4.78, 5) is 56.0. The van der Waals surface area contributed by atoms with Crippen LogP contribution >= 0.6 is 69.1 Å². The number of halogens is 9. The van der Waals surface area contributed by atoms with Gasteiger partial charge in [0, 0.05) is 92.8 Å². The van der Waals surface area contributed by atoms with Gasteiger partial charge in [-0.1, -0.05) is 82.8 Å². The van der Waals surface area contributed by atoms with Crippen molar-refractivity contribution in [2.24, 2.45) is 0 Å². The van der Waals surface area contributed by atoms with E-state index in [0.29, 0.717) is 100 Å². The van der Waals surface area contributed by atoms with Crippen LogP contribution < -0.4 is 34.9 Å². The topological polar surface area (TPSA) is 356 Å². The molecule has 0 fully saturated rings. The predicted octanol–water partition coefficient (Wildman–Crippen LogP) is 18.0. The SMILES string of the molecule is CNc1nccc(-c2c(-c3cccc(NS(=O)(=O)c4c(Cl)cccc4Cl)c3F)nc3cc(OC)ccn23)n1.CNc1nccc(-c2sc(-c3cnc(C)cn3)nc2-c2cccc(NS(=O)(=O)c3c(F)ccc(C)c3F)c2F)n1.CNc1nccc(-c2sc(-c3cnc(C)nc3)nc2-c2cccc(NS(=O)(=O)c3c(Cl)ccc(C)c3Cl)c2F)n1. The van der Waals surface area contributed by atoms with Gasteiger partial charge in [0.1, 0.15) is 60.0 Å². The first kappa shape index (κ1) is 83.9. The maximum atomic E-state index is 16.1. The summed E-state index contributed by atoms with van der Waals surface area (Å²) < 4.78 is 169. The summed E-state index contributed by atoms with van der Waals surface area (Å²) in [7, 11) is -6.97. The van der Waals surface area contributed by atoms with Crippen molar-refractivity contribution < 1.29 is 51.9 Å². The number of fused-ring (bicyclic) bond motifs is 1. The first-order chi connectivity index (χ1) is 56.4. The fourth-order valence-corrected chi connectivity index (χ4v) is 19.2. The van der Waals surface area contributed by atoms with Crippen LogP contribution in [-0.4, -0.2) is 123 Å². The third kappa shape index (κ3) is 17.6. The largest absolute Gasteiger partial charge is 0.497 e. The van der Waals surface area contributed by atoms with Crippen molar-refractivity contribution in [3.8, 4) is 93.3 Å². The van der Waals surface area contributed by atoms with E-state index in [1.54, 1.807) is 120 Å². The monoisotopic (exact) mass is 1770 g/mol. The Labute approximate surface area is 698 Å². The van der Waals surface area contributed by atoms with Crippen molar-refractivity contribution in [3.63, 3.8) is 0 Å². The number of thiazole rings is 2. The number of hydrogen-bond donors (Lipinski definition) is 6. The van der Waals surface area contributed by atoms with Gasteiger partial charge in [0.25, 0.3) is 30.1 Å². The number of aryl methyl sites for hydroxylation is 4. The molecule has 0 spiro atoms. The number of ether oxygens (including phenoxy) is 1. The Morgan fingerprint density at radius 3 is 1.42 bits per heavy atom. The summed E-state index contributed by atoms with van der Waals surface area (Å²) >= 11 is 27.1. The normalized spacial score (nSPS) is 11.5. The lowest BCUT2D eigenvalue weighted by Crippen LogP contribution is -2.18. The molecule has 0 radical (unpaired) electrons. The lowest BCUT2D eigenvalue weighted by atomic mass is 10.1. The minimum absolute atomic E-state index is 0.0396. The molecule has 0 amide bonds. The lowest BCUT2D eigenvalue weighted by molar-refractivity contribution is 0.414. The van der Waals surface area contributed by atoms with Crippen molar-refractivity contribution in [2.75, 3.05) is 58.4 Å². The Bertz CT molecular complexity index is 6480. The highest BCUT2D eigenvalue weighted by atomic mass is 35.5. The van der Waals surface area contributed by atoms with E-state index in [4.69, 9.17) is 56.1 Å². The van der Waals surface area contributed by atoms with Crippen LogP contribution in [0.1, 0.15) is 22.6 Å². The van der Waals surface area contributed by atoms with Gasteiger partial charge in [-0.2, -0.15) is 0 Å². The van der Waals surface area contributed by atoms with Gasteiger partial charge < -0.3 is 20.7 Å². The number of imidazole rings is 1. The van der Waals surface area contributed by atoms with E-state index in [9.17, 15) is 34.0 Å². The molecule has 15 rings (SSSR count). The molecule has 0 saturated heterocycles. The van der Waals surface area contributed by atoms with Gasteiger partial charge in [-0.25, -0.2) is 102 Å². The number of methoxy groups -OCH3 is 1. The van der Waals surface area contributed by atoms with Crippen LogP contribution in [0.4, 0.5) is 56.9 Å². The van der Waals surface area contributed by atoms with E-state index in [-0.39, 0.29) is 80.6 Å². The Morgan fingerprint density at radius 2 is 0.898 bits per heavy atom. The van der Waals surface area contributed by atoms with E-state index in [1.807, 2.05) is 4.72 Å². The quantitative estimate of drug-likeness (QED) is 0.0364. The molecule has 15 aromatic rings. The van der Waals surface area contributed by atoms with E-state index in [2.05, 4.69) is 85.2 Å². The number of nitrogens with one attached hydrogen (secondary N) is 6. The molecule has 0 aliphatic rings. The maximum Gasteiger partial charge on any atom is 0.267 e. The molecule has 0 atom stereocenters. The minimum atomic E-state index is -4.84. The molecule has 41 heteroatoms. The molecule has 0 unspecified atom stereocenters. The summed E-state index contributed by atoms with van der Waals surface area (Å²) in [5.41, 5.74) is 4.02. The fraction of sp³-hybridized carbons (Fsp3) is 0.104. The Kier molecular flexibility index (Phi) is 24.9. The van der Waals surface area contributed by atoms with Crippen molar-refractivity contribution in [1.82, 2.24) is 69.2 Å². The average Bonchev–Trinajstić information content (AvgIpc) is 1.53. The van der Waals surface area contributed by atoms with Crippen molar-refractivity contribution in [2.45, 2.75) is 42.4 Å². The molecule has 0 aliphatic carbocycles. The zero-order valence-corrected chi connectivity index (χ0v) is 69.4. The van der Waals surface area contributed by atoms with Crippen LogP contribution in [0, 0.1) is 56.8 Å². The molecular weight excluding hydrogens is 1710 g/mol. The molecule has 27 nitrogen and oxygen atoms in total. The number of pyridine rings is 1. The third-order valence-electron chi connectivity index (χ3n) is 17.2. The summed E-state index contributed by atoms with van der Waals surface area (Å²) in [5.74, 6) is -3.07. The molecule has 602 valence electrons. The smallest absolute Gasteiger partial charge is 0.267 e. The van der Waals surface area contributed by atoms with Gasteiger partial charge in [0.15, 0.2) is 22.3 Å². The van der Waals surface area contributed by atoms with Crippen LogP contribution in [0.5, 0.6) is 5.75 Å². The number of rotatable bonds is 21. The molecule has 0 saturated carbocycles. The maximum absolute atomic E-state index is 16.1. The van der Waals surface area contributed by atoms with Crippen LogP contribution in [0.25, 0.3) is 93.2 Å².